The van der Waals surface area contributed by atoms with Crippen LogP contribution in [0.1, 0.15) is 40.7 Å². The zero-order chi connectivity index (χ0) is 27.3. The summed E-state index contributed by atoms with van der Waals surface area (Å²) in [6.45, 7) is 3.36. The van der Waals surface area contributed by atoms with E-state index in [1.54, 1.807) is 36.4 Å². The second-order valence-corrected chi connectivity index (χ2v) is 11.5. The smallest absolute Gasteiger partial charge is 0.492 e. The van der Waals surface area contributed by atoms with Crippen LogP contribution in [-0.2, 0) is 15.7 Å². The fraction of sp³-hybridized carbons (Fsp3) is 0.370. The van der Waals surface area contributed by atoms with Gasteiger partial charge >= 0.3 is 15.6 Å². The van der Waals surface area contributed by atoms with Gasteiger partial charge in [0.05, 0.1) is 5.54 Å². The van der Waals surface area contributed by atoms with Gasteiger partial charge in [0.25, 0.3) is 5.91 Å². The van der Waals surface area contributed by atoms with Gasteiger partial charge in [0.2, 0.25) is 0 Å². The number of nitrogens with zero attached hydrogens (tertiary/aromatic N) is 1. The maximum absolute atomic E-state index is 13.4. The summed E-state index contributed by atoms with van der Waals surface area (Å²) in [5.74, 6) is -0.252. The van der Waals surface area contributed by atoms with Crippen LogP contribution in [0.25, 0.3) is 10.8 Å². The van der Waals surface area contributed by atoms with Gasteiger partial charge in [-0.05, 0) is 85.9 Å². The average Bonchev–Trinajstić information content (AvgIpc) is 3.63. The lowest BCUT2D eigenvalue weighted by atomic mass is 9.95. The van der Waals surface area contributed by atoms with Gasteiger partial charge in [-0.2, -0.15) is 21.6 Å². The lowest BCUT2D eigenvalue weighted by Crippen LogP contribution is -2.48. The van der Waals surface area contributed by atoms with Crippen LogP contribution in [0, 0.1) is 6.92 Å². The molecular weight excluding hydrogens is 521 g/mol. The third kappa shape index (κ3) is 5.04. The van der Waals surface area contributed by atoms with Crippen LogP contribution < -0.4 is 14.2 Å². The van der Waals surface area contributed by atoms with Gasteiger partial charge in [0.1, 0.15) is 18.1 Å². The quantitative estimate of drug-likeness (QED) is 0.319. The molecule has 7 nitrogen and oxygen atoms in total. The van der Waals surface area contributed by atoms with E-state index >= 15 is 0 Å². The summed E-state index contributed by atoms with van der Waals surface area (Å²) in [6, 6.07) is 15.0. The van der Waals surface area contributed by atoms with Gasteiger partial charge < -0.3 is 14.2 Å². The first-order chi connectivity index (χ1) is 17.9. The summed E-state index contributed by atoms with van der Waals surface area (Å²) in [4.78, 5) is 15.6. The highest BCUT2D eigenvalue weighted by Gasteiger charge is 2.50. The number of ether oxygens (including phenoxy) is 1. The molecule has 3 aromatic rings. The van der Waals surface area contributed by atoms with Crippen molar-refractivity contribution < 1.29 is 35.3 Å². The highest BCUT2D eigenvalue weighted by molar-refractivity contribution is 7.88. The Balaban J connectivity index is 1.43. The molecule has 1 heterocycles. The molecule has 1 atom stereocenters. The summed E-state index contributed by atoms with van der Waals surface area (Å²) in [6.07, 6.45) is 2.11. The SMILES string of the molecule is Cc1ccc(OCC2CCN2C)cc1C(=O)NC1(c2cc(OS(=O)(=O)C(F)(F)F)cc3ccccc23)CC1. The fourth-order valence-electron chi connectivity index (χ4n) is 4.68. The number of carbonyl (C=O) groups is 1. The molecule has 0 radical (unpaired) electrons. The van der Waals surface area contributed by atoms with Crippen molar-refractivity contribution in [2.75, 3.05) is 20.2 Å². The Labute approximate surface area is 218 Å². The first-order valence-electron chi connectivity index (χ1n) is 12.2. The number of likely N-dealkylation sites (tertiary alicyclic amines) is 1. The van der Waals surface area contributed by atoms with E-state index in [1.165, 1.54) is 12.1 Å². The fourth-order valence-corrected chi connectivity index (χ4v) is 5.12. The second-order valence-electron chi connectivity index (χ2n) is 9.92. The molecular formula is C27H27F3N2O5S. The average molecular weight is 549 g/mol. The molecule has 1 unspecified atom stereocenters. The summed E-state index contributed by atoms with van der Waals surface area (Å²) in [7, 11) is -3.82. The highest BCUT2D eigenvalue weighted by Crippen LogP contribution is 2.49. The zero-order valence-corrected chi connectivity index (χ0v) is 21.7. The minimum absolute atomic E-state index is 0.340. The Kier molecular flexibility index (Phi) is 6.55. The van der Waals surface area contributed by atoms with E-state index in [2.05, 4.69) is 14.4 Å². The minimum atomic E-state index is -5.85. The number of amides is 1. The number of likely N-dealkylation sites (N-methyl/N-ethyl adjacent to an activating group) is 1. The molecule has 1 N–H and O–H groups in total. The van der Waals surface area contributed by atoms with Crippen molar-refractivity contribution in [2.45, 2.75) is 43.3 Å². The molecule has 3 aromatic carbocycles. The molecule has 2 fully saturated rings. The van der Waals surface area contributed by atoms with Crippen molar-refractivity contribution in [1.29, 1.82) is 0 Å². The van der Waals surface area contributed by atoms with Gasteiger partial charge in [0.15, 0.2) is 0 Å². The van der Waals surface area contributed by atoms with E-state index in [4.69, 9.17) is 4.74 Å². The topological polar surface area (TPSA) is 84.9 Å². The number of carbonyl (C=O) groups excluding carboxylic acids is 1. The van der Waals surface area contributed by atoms with Crippen LogP contribution in [0.15, 0.2) is 54.6 Å². The lowest BCUT2D eigenvalue weighted by molar-refractivity contribution is -0.0500. The van der Waals surface area contributed by atoms with Gasteiger partial charge in [-0.15, -0.1) is 0 Å². The van der Waals surface area contributed by atoms with E-state index < -0.39 is 26.9 Å². The number of hydrogen-bond acceptors (Lipinski definition) is 6. The number of nitrogens with one attached hydrogen (secondary N) is 1. The van der Waals surface area contributed by atoms with Crippen LogP contribution in [0.2, 0.25) is 0 Å². The number of aryl methyl sites for hydroxylation is 1. The van der Waals surface area contributed by atoms with E-state index in [-0.39, 0.29) is 5.91 Å². The highest BCUT2D eigenvalue weighted by atomic mass is 32.2. The molecule has 1 aliphatic heterocycles. The van der Waals surface area contributed by atoms with Crippen molar-refractivity contribution in [1.82, 2.24) is 10.2 Å². The predicted molar refractivity (Wildman–Crippen MR) is 136 cm³/mol. The second kappa shape index (κ2) is 9.46. The molecule has 0 aromatic heterocycles. The summed E-state index contributed by atoms with van der Waals surface area (Å²) >= 11 is 0. The van der Waals surface area contributed by atoms with E-state index in [0.717, 1.165) is 18.5 Å². The van der Waals surface area contributed by atoms with E-state index in [0.29, 0.717) is 53.1 Å². The molecule has 202 valence electrons. The first-order valence-corrected chi connectivity index (χ1v) is 13.6. The molecule has 1 saturated heterocycles. The number of hydrogen-bond donors (Lipinski definition) is 1. The number of alkyl halides is 3. The standard InChI is InChI=1S/C27H27F3N2O5S/c1-17-7-8-20(36-16-19-9-12-32(19)2)14-23(17)25(33)31-26(10-11-26)24-15-21(37-38(34,35)27(28,29)30)13-18-5-3-4-6-22(18)24/h3-8,13-15,19H,9-12,16H2,1-2H3,(H,31,33). The largest absolute Gasteiger partial charge is 0.534 e. The first kappa shape index (κ1) is 26.3. The van der Waals surface area contributed by atoms with Crippen LogP contribution in [-0.4, -0.2) is 51.0 Å². The lowest BCUT2D eigenvalue weighted by Gasteiger charge is -2.37. The van der Waals surface area contributed by atoms with Crippen molar-refractivity contribution in [3.63, 3.8) is 0 Å². The summed E-state index contributed by atoms with van der Waals surface area (Å²) in [5, 5.41) is 4.22. The number of fused-ring (bicyclic) bond motifs is 1. The van der Waals surface area contributed by atoms with Crippen LogP contribution in [0.5, 0.6) is 11.5 Å². The number of rotatable bonds is 8. The maximum Gasteiger partial charge on any atom is 0.534 e. The monoisotopic (exact) mass is 548 g/mol. The maximum atomic E-state index is 13.4. The van der Waals surface area contributed by atoms with Gasteiger partial charge in [-0.1, -0.05) is 30.3 Å². The summed E-state index contributed by atoms with van der Waals surface area (Å²) in [5.41, 5.74) is -4.79. The van der Waals surface area contributed by atoms with Crippen molar-refractivity contribution in [3.8, 4) is 11.5 Å². The Morgan fingerprint density at radius 3 is 2.47 bits per heavy atom. The van der Waals surface area contributed by atoms with Gasteiger partial charge in [0, 0.05) is 11.6 Å². The van der Waals surface area contributed by atoms with Gasteiger partial charge in [-0.3, -0.25) is 9.69 Å². The molecule has 38 heavy (non-hydrogen) atoms. The van der Waals surface area contributed by atoms with Crippen molar-refractivity contribution in [3.05, 3.63) is 71.3 Å². The molecule has 0 bridgehead atoms. The third-order valence-corrected chi connectivity index (χ3v) is 8.26. The zero-order valence-electron chi connectivity index (χ0n) is 20.8. The molecule has 1 aliphatic carbocycles. The predicted octanol–water partition coefficient (Wildman–Crippen LogP) is 4.88. The van der Waals surface area contributed by atoms with Crippen LogP contribution in [0.3, 0.4) is 0 Å². The summed E-state index contributed by atoms with van der Waals surface area (Å²) < 4.78 is 72.6. The number of halogens is 3. The molecule has 2 aliphatic rings. The molecule has 1 saturated carbocycles. The molecule has 11 heteroatoms. The Morgan fingerprint density at radius 2 is 1.84 bits per heavy atom. The van der Waals surface area contributed by atoms with Crippen LogP contribution in [0.4, 0.5) is 13.2 Å². The molecule has 5 rings (SSSR count). The van der Waals surface area contributed by atoms with E-state index in [1.807, 2.05) is 20.0 Å². The van der Waals surface area contributed by atoms with Gasteiger partial charge in [-0.25, -0.2) is 0 Å². The normalized spacial score (nSPS) is 19.0. The Hall–Kier alpha value is -3.31. The van der Waals surface area contributed by atoms with Crippen molar-refractivity contribution in [2.24, 2.45) is 0 Å². The van der Waals surface area contributed by atoms with E-state index in [9.17, 15) is 26.4 Å². The Bertz CT molecular complexity index is 1500. The minimum Gasteiger partial charge on any atom is -0.492 e. The Morgan fingerprint density at radius 1 is 1.11 bits per heavy atom. The van der Waals surface area contributed by atoms with Crippen molar-refractivity contribution >= 4 is 26.8 Å². The third-order valence-electron chi connectivity index (χ3n) is 7.28. The molecule has 0 spiro atoms. The molecule has 1 amide bonds. The van der Waals surface area contributed by atoms with Crippen LogP contribution >= 0.6 is 0 Å². The number of benzene rings is 3.